The van der Waals surface area contributed by atoms with Gasteiger partial charge in [0.2, 0.25) is 0 Å². The SMILES string of the molecule is CCCNC(C)CCCCN1CCc2ccccc21. The van der Waals surface area contributed by atoms with E-state index in [1.807, 2.05) is 0 Å². The first-order valence-corrected chi connectivity index (χ1v) is 7.87. The van der Waals surface area contributed by atoms with Gasteiger partial charge >= 0.3 is 0 Å². The fourth-order valence-electron chi connectivity index (χ4n) is 2.88. The van der Waals surface area contributed by atoms with Gasteiger partial charge in [-0.05, 0) is 50.8 Å². The van der Waals surface area contributed by atoms with Gasteiger partial charge in [0.15, 0.2) is 0 Å². The zero-order chi connectivity index (χ0) is 13.5. The second kappa shape index (κ2) is 7.54. The summed E-state index contributed by atoms with van der Waals surface area (Å²) in [6, 6.07) is 9.53. The fraction of sp³-hybridized carbons (Fsp3) is 0.647. The predicted octanol–water partition coefficient (Wildman–Crippen LogP) is 3.61. The fourth-order valence-corrected chi connectivity index (χ4v) is 2.88. The van der Waals surface area contributed by atoms with Crippen molar-refractivity contribution in [2.45, 2.75) is 52.0 Å². The zero-order valence-electron chi connectivity index (χ0n) is 12.5. The van der Waals surface area contributed by atoms with Crippen LogP contribution in [0, 0.1) is 0 Å². The number of anilines is 1. The third-order valence-corrected chi connectivity index (χ3v) is 4.04. The third-order valence-electron chi connectivity index (χ3n) is 4.04. The maximum atomic E-state index is 3.56. The highest BCUT2D eigenvalue weighted by Crippen LogP contribution is 2.27. The minimum Gasteiger partial charge on any atom is -0.371 e. The Labute approximate surface area is 118 Å². The van der Waals surface area contributed by atoms with Gasteiger partial charge in [-0.15, -0.1) is 0 Å². The van der Waals surface area contributed by atoms with E-state index in [0.29, 0.717) is 6.04 Å². The molecule has 1 N–H and O–H groups in total. The zero-order valence-corrected chi connectivity index (χ0v) is 12.5. The van der Waals surface area contributed by atoms with Crippen molar-refractivity contribution in [1.82, 2.24) is 5.32 Å². The lowest BCUT2D eigenvalue weighted by Crippen LogP contribution is -2.27. The molecule has 2 heteroatoms. The van der Waals surface area contributed by atoms with Crippen molar-refractivity contribution in [2.24, 2.45) is 0 Å². The second-order valence-corrected chi connectivity index (χ2v) is 5.72. The smallest absolute Gasteiger partial charge is 0.0399 e. The van der Waals surface area contributed by atoms with E-state index in [-0.39, 0.29) is 0 Å². The Morgan fingerprint density at radius 3 is 2.95 bits per heavy atom. The van der Waals surface area contributed by atoms with Crippen molar-refractivity contribution < 1.29 is 0 Å². The van der Waals surface area contributed by atoms with Gasteiger partial charge in [-0.3, -0.25) is 0 Å². The van der Waals surface area contributed by atoms with Gasteiger partial charge in [0, 0.05) is 24.8 Å². The van der Waals surface area contributed by atoms with Gasteiger partial charge < -0.3 is 10.2 Å². The van der Waals surface area contributed by atoms with E-state index < -0.39 is 0 Å². The molecule has 2 nitrogen and oxygen atoms in total. The lowest BCUT2D eigenvalue weighted by atomic mass is 10.1. The van der Waals surface area contributed by atoms with Crippen LogP contribution in [0.1, 0.15) is 45.1 Å². The summed E-state index contributed by atoms with van der Waals surface area (Å²) in [6.07, 6.45) is 6.40. The summed E-state index contributed by atoms with van der Waals surface area (Å²) in [5.41, 5.74) is 3.00. The van der Waals surface area contributed by atoms with Crippen molar-refractivity contribution in [3.05, 3.63) is 29.8 Å². The van der Waals surface area contributed by atoms with Gasteiger partial charge in [-0.1, -0.05) is 31.5 Å². The van der Waals surface area contributed by atoms with E-state index in [4.69, 9.17) is 0 Å². The first-order chi connectivity index (χ1) is 9.31. The summed E-state index contributed by atoms with van der Waals surface area (Å²) < 4.78 is 0. The highest BCUT2D eigenvalue weighted by atomic mass is 15.1. The molecule has 0 saturated heterocycles. The van der Waals surface area contributed by atoms with Crippen LogP contribution < -0.4 is 10.2 Å². The molecule has 0 aliphatic carbocycles. The number of fused-ring (bicyclic) bond motifs is 1. The average Bonchev–Trinajstić information content (AvgIpc) is 2.85. The van der Waals surface area contributed by atoms with E-state index in [1.54, 1.807) is 0 Å². The highest BCUT2D eigenvalue weighted by molar-refractivity contribution is 5.57. The summed E-state index contributed by atoms with van der Waals surface area (Å²) in [5, 5.41) is 3.56. The van der Waals surface area contributed by atoms with Crippen LogP contribution in [-0.2, 0) is 6.42 Å². The van der Waals surface area contributed by atoms with E-state index in [2.05, 4.69) is 48.3 Å². The van der Waals surface area contributed by atoms with Crippen LogP contribution in [0.25, 0.3) is 0 Å². The van der Waals surface area contributed by atoms with Crippen LogP contribution in [0.2, 0.25) is 0 Å². The largest absolute Gasteiger partial charge is 0.371 e. The Hall–Kier alpha value is -1.02. The van der Waals surface area contributed by atoms with Crippen LogP contribution >= 0.6 is 0 Å². The average molecular weight is 260 g/mol. The van der Waals surface area contributed by atoms with Crippen LogP contribution in [0.3, 0.4) is 0 Å². The summed E-state index contributed by atoms with van der Waals surface area (Å²) in [7, 11) is 0. The second-order valence-electron chi connectivity index (χ2n) is 5.72. The van der Waals surface area contributed by atoms with E-state index >= 15 is 0 Å². The third kappa shape index (κ3) is 4.24. The summed E-state index contributed by atoms with van der Waals surface area (Å²) >= 11 is 0. The van der Waals surface area contributed by atoms with E-state index in [0.717, 1.165) is 6.54 Å². The van der Waals surface area contributed by atoms with Crippen LogP contribution in [-0.4, -0.2) is 25.7 Å². The topological polar surface area (TPSA) is 15.3 Å². The standard InChI is InChI=1S/C17H28N2/c1-3-12-18-15(2)8-6-7-13-19-14-11-16-9-4-5-10-17(16)19/h4-5,9-10,15,18H,3,6-8,11-14H2,1-2H3. The molecule has 1 atom stereocenters. The lowest BCUT2D eigenvalue weighted by molar-refractivity contribution is 0.489. The molecule has 1 aliphatic heterocycles. The van der Waals surface area contributed by atoms with Gasteiger partial charge in [-0.2, -0.15) is 0 Å². The van der Waals surface area contributed by atoms with Gasteiger partial charge in [0.1, 0.15) is 0 Å². The first-order valence-electron chi connectivity index (χ1n) is 7.87. The van der Waals surface area contributed by atoms with Crippen LogP contribution in [0.5, 0.6) is 0 Å². The molecule has 0 spiro atoms. The number of benzene rings is 1. The maximum Gasteiger partial charge on any atom is 0.0399 e. The number of rotatable bonds is 8. The van der Waals surface area contributed by atoms with Crippen molar-refractivity contribution in [3.63, 3.8) is 0 Å². The maximum absolute atomic E-state index is 3.56. The number of para-hydroxylation sites is 1. The molecule has 19 heavy (non-hydrogen) atoms. The van der Waals surface area contributed by atoms with Crippen molar-refractivity contribution in [3.8, 4) is 0 Å². The quantitative estimate of drug-likeness (QED) is 0.718. The van der Waals surface area contributed by atoms with Crippen molar-refractivity contribution in [1.29, 1.82) is 0 Å². The Balaban J connectivity index is 1.65. The first kappa shape index (κ1) is 14.4. The van der Waals surface area contributed by atoms with Crippen LogP contribution in [0.15, 0.2) is 24.3 Å². The molecule has 0 fully saturated rings. The Morgan fingerprint density at radius 1 is 1.26 bits per heavy atom. The van der Waals surface area contributed by atoms with Gasteiger partial charge in [0.25, 0.3) is 0 Å². The Morgan fingerprint density at radius 2 is 2.11 bits per heavy atom. The number of hydrogen-bond donors (Lipinski definition) is 1. The minimum atomic E-state index is 0.672. The molecule has 1 aromatic carbocycles. The Kier molecular flexibility index (Phi) is 5.71. The molecule has 1 unspecified atom stereocenters. The molecule has 0 amide bonds. The molecule has 106 valence electrons. The number of nitrogens with one attached hydrogen (secondary N) is 1. The molecule has 2 rings (SSSR count). The molecule has 1 heterocycles. The number of nitrogens with zero attached hydrogens (tertiary/aromatic N) is 1. The predicted molar refractivity (Wildman–Crippen MR) is 84.0 cm³/mol. The number of unbranched alkanes of at least 4 members (excludes halogenated alkanes) is 1. The van der Waals surface area contributed by atoms with Crippen molar-refractivity contribution >= 4 is 5.69 Å². The molecule has 1 aliphatic rings. The molecule has 0 aromatic heterocycles. The summed E-state index contributed by atoms with van der Waals surface area (Å²) in [5.74, 6) is 0. The molecular formula is C17H28N2. The lowest BCUT2D eigenvalue weighted by Gasteiger charge is -2.20. The number of hydrogen-bond acceptors (Lipinski definition) is 2. The summed E-state index contributed by atoms with van der Waals surface area (Å²) in [6.45, 7) is 8.12. The van der Waals surface area contributed by atoms with Gasteiger partial charge in [-0.25, -0.2) is 0 Å². The summed E-state index contributed by atoms with van der Waals surface area (Å²) in [4.78, 5) is 2.56. The molecule has 1 aromatic rings. The normalized spacial score (nSPS) is 15.6. The minimum absolute atomic E-state index is 0.672. The van der Waals surface area contributed by atoms with E-state index in [1.165, 1.54) is 56.4 Å². The monoisotopic (exact) mass is 260 g/mol. The highest BCUT2D eigenvalue weighted by Gasteiger charge is 2.17. The molecule has 0 saturated carbocycles. The van der Waals surface area contributed by atoms with Gasteiger partial charge in [0.05, 0.1) is 0 Å². The van der Waals surface area contributed by atoms with Crippen molar-refractivity contribution in [2.75, 3.05) is 24.5 Å². The Bertz CT molecular complexity index is 375. The molecule has 0 radical (unpaired) electrons. The molecular weight excluding hydrogens is 232 g/mol. The van der Waals surface area contributed by atoms with E-state index in [9.17, 15) is 0 Å². The van der Waals surface area contributed by atoms with Crippen LogP contribution in [0.4, 0.5) is 5.69 Å². The molecule has 0 bridgehead atoms.